The molecule has 0 aliphatic heterocycles. The van der Waals surface area contributed by atoms with Crippen LogP contribution < -0.4 is 24.8 Å². The zero-order valence-electron chi connectivity index (χ0n) is 25.1. The molecule has 0 bridgehead atoms. The van der Waals surface area contributed by atoms with Crippen LogP contribution in [0.4, 0.5) is 0 Å². The molecule has 6 aromatic rings. The third kappa shape index (κ3) is 5.20. The van der Waals surface area contributed by atoms with Gasteiger partial charge in [0.25, 0.3) is 0 Å². The Morgan fingerprint density at radius 2 is 1.00 bits per heavy atom. The van der Waals surface area contributed by atoms with Crippen LogP contribution in [-0.4, -0.2) is 5.43 Å². The minimum Gasteiger partial charge on any atom is -1.00 e. The van der Waals surface area contributed by atoms with E-state index in [1.165, 1.54) is 52.2 Å². The number of thiophene rings is 2. The minimum absolute atomic E-state index is 0. The van der Waals surface area contributed by atoms with Crippen molar-refractivity contribution >= 4 is 60.4 Å². The van der Waals surface area contributed by atoms with Crippen LogP contribution in [0.25, 0.3) is 53.2 Å². The van der Waals surface area contributed by atoms with Crippen molar-refractivity contribution in [1.29, 1.82) is 0 Å². The van der Waals surface area contributed by atoms with E-state index in [0.717, 1.165) is 0 Å². The second kappa shape index (κ2) is 12.6. The summed E-state index contributed by atoms with van der Waals surface area (Å²) in [5, 5.41) is 2.71. The van der Waals surface area contributed by atoms with Gasteiger partial charge in [-0.15, -0.1) is 0 Å². The second-order valence-electron chi connectivity index (χ2n) is 12.0. The number of benzene rings is 4. The molecule has 0 amide bonds. The van der Waals surface area contributed by atoms with E-state index in [1.54, 1.807) is 22.3 Å². The molecule has 0 spiro atoms. The SMILES string of the molecule is CC1=Cc2c(-c3cc4ccccc4s3)cccc2[CH]1[Zr+2]([CH]1C(C)=Cc2c(-c3cc4ccccc4s3)cccc21)=[Si](C)C.[Cl-].[Cl-]. The fourth-order valence-electron chi connectivity index (χ4n) is 7.33. The first-order valence-electron chi connectivity index (χ1n) is 14.8. The number of fused-ring (bicyclic) bond motifs is 4. The largest absolute Gasteiger partial charge is 1.00 e. The van der Waals surface area contributed by atoms with Gasteiger partial charge in [-0.2, -0.15) is 0 Å². The van der Waals surface area contributed by atoms with Crippen molar-refractivity contribution in [2.45, 2.75) is 34.2 Å². The van der Waals surface area contributed by atoms with E-state index in [1.807, 2.05) is 22.7 Å². The molecule has 0 fully saturated rings. The number of halogens is 2. The molecule has 0 saturated heterocycles. The van der Waals surface area contributed by atoms with Gasteiger partial charge in [0.1, 0.15) is 0 Å². The average Bonchev–Trinajstić information content (AvgIpc) is 3.75. The summed E-state index contributed by atoms with van der Waals surface area (Å²) in [4.78, 5) is 2.80. The summed E-state index contributed by atoms with van der Waals surface area (Å²) in [6, 6.07) is 36.7. The molecule has 0 radical (unpaired) electrons. The Kier molecular flexibility index (Phi) is 9.16. The summed E-state index contributed by atoms with van der Waals surface area (Å²) in [7, 11) is 0. The van der Waals surface area contributed by atoms with Crippen LogP contribution in [-0.2, 0) is 20.4 Å². The van der Waals surface area contributed by atoms with E-state index >= 15 is 0 Å². The van der Waals surface area contributed by atoms with Crippen molar-refractivity contribution in [2.75, 3.05) is 0 Å². The van der Waals surface area contributed by atoms with Gasteiger partial charge in [0.15, 0.2) is 0 Å². The zero-order valence-corrected chi connectivity index (χ0v) is 31.7. The van der Waals surface area contributed by atoms with Crippen LogP contribution in [0.1, 0.15) is 43.4 Å². The van der Waals surface area contributed by atoms with Gasteiger partial charge in [-0.25, -0.2) is 0 Å². The second-order valence-corrected chi connectivity index (χ2v) is 32.0. The van der Waals surface area contributed by atoms with Gasteiger partial charge in [-0.05, 0) is 0 Å². The minimum atomic E-state index is -2.11. The van der Waals surface area contributed by atoms with Crippen molar-refractivity contribution < 1.29 is 45.2 Å². The first-order valence-corrected chi connectivity index (χ1v) is 25.4. The van der Waals surface area contributed by atoms with Crippen molar-refractivity contribution in [3.05, 3.63) is 130 Å². The molecule has 8 rings (SSSR count). The van der Waals surface area contributed by atoms with Gasteiger partial charge in [-0.1, -0.05) is 0 Å². The molecule has 2 aliphatic carbocycles. The Morgan fingerprint density at radius 3 is 1.41 bits per heavy atom. The number of rotatable bonds is 4. The number of hydrogen-bond donors (Lipinski definition) is 0. The smallest absolute Gasteiger partial charge is 1.00 e. The predicted octanol–water partition coefficient (Wildman–Crippen LogP) is 5.94. The molecule has 6 heteroatoms. The first-order chi connectivity index (χ1) is 20.5. The Morgan fingerprint density at radius 1 is 0.568 bits per heavy atom. The predicted molar refractivity (Wildman–Crippen MR) is 185 cm³/mol. The van der Waals surface area contributed by atoms with Crippen LogP contribution in [0.5, 0.6) is 0 Å². The van der Waals surface area contributed by atoms with Gasteiger partial charge in [0, 0.05) is 0 Å². The Balaban J connectivity index is 0.00000171. The molecule has 0 nitrogen and oxygen atoms in total. The molecule has 0 saturated carbocycles. The summed E-state index contributed by atoms with van der Waals surface area (Å²) in [5.74, 6) is 0. The zero-order chi connectivity index (χ0) is 28.5. The van der Waals surface area contributed by atoms with Gasteiger partial charge in [0.05, 0.1) is 0 Å². The van der Waals surface area contributed by atoms with Crippen LogP contribution in [0.15, 0.2) is 108 Å². The quantitative estimate of drug-likeness (QED) is 0.196. The Bertz CT molecular complexity index is 1950. The topological polar surface area (TPSA) is 0 Å². The molecule has 2 atom stereocenters. The molecule has 44 heavy (non-hydrogen) atoms. The monoisotopic (exact) mass is 740 g/mol. The molecular weight excluding hydrogens is 711 g/mol. The van der Waals surface area contributed by atoms with Crippen LogP contribution in [0, 0.1) is 0 Å². The van der Waals surface area contributed by atoms with Gasteiger partial charge in [-0.3, -0.25) is 0 Å². The van der Waals surface area contributed by atoms with Crippen LogP contribution in [0.3, 0.4) is 0 Å². The van der Waals surface area contributed by atoms with E-state index < -0.39 is 25.8 Å². The van der Waals surface area contributed by atoms with E-state index in [0.29, 0.717) is 7.25 Å². The van der Waals surface area contributed by atoms with E-state index in [2.05, 4.69) is 136 Å². The summed E-state index contributed by atoms with van der Waals surface area (Å²) in [5.41, 5.74) is 11.8. The van der Waals surface area contributed by atoms with E-state index in [4.69, 9.17) is 0 Å². The molecule has 2 aromatic heterocycles. The summed E-state index contributed by atoms with van der Waals surface area (Å²) < 4.78 is 4.05. The van der Waals surface area contributed by atoms with Crippen molar-refractivity contribution in [2.24, 2.45) is 0 Å². The summed E-state index contributed by atoms with van der Waals surface area (Å²) in [6.07, 6.45) is 5.13. The maximum Gasteiger partial charge on any atom is -1.00 e. The molecule has 2 aliphatic rings. The normalized spacial score (nSPS) is 16.3. The fraction of sp³-hybridized carbons (Fsp3) is 0.158. The first kappa shape index (κ1) is 31.9. The molecule has 4 aromatic carbocycles. The molecule has 0 N–H and O–H groups in total. The molecule has 2 unspecified atom stereocenters. The van der Waals surface area contributed by atoms with Gasteiger partial charge >= 0.3 is 266 Å². The summed E-state index contributed by atoms with van der Waals surface area (Å²) in [6.45, 7) is 10.1. The van der Waals surface area contributed by atoms with Gasteiger partial charge in [0.2, 0.25) is 0 Å². The van der Waals surface area contributed by atoms with E-state index in [-0.39, 0.29) is 24.8 Å². The Labute approximate surface area is 288 Å². The van der Waals surface area contributed by atoms with Crippen LogP contribution >= 0.6 is 22.7 Å². The van der Waals surface area contributed by atoms with Crippen molar-refractivity contribution in [3.8, 4) is 20.9 Å². The van der Waals surface area contributed by atoms with Gasteiger partial charge < -0.3 is 24.8 Å². The third-order valence-electron chi connectivity index (χ3n) is 9.14. The molecule has 2 heterocycles. The maximum absolute atomic E-state index is 2.63. The third-order valence-corrected chi connectivity index (χ3v) is 31.3. The Hall–Kier alpha value is -2.04. The van der Waals surface area contributed by atoms with Crippen molar-refractivity contribution in [3.63, 3.8) is 0 Å². The average molecular weight is 743 g/mol. The van der Waals surface area contributed by atoms with Crippen molar-refractivity contribution in [1.82, 2.24) is 0 Å². The number of hydrogen-bond acceptors (Lipinski definition) is 2. The molecular formula is C38H32Cl2S2SiZr. The standard InChI is InChI=1S/2C18H13S.C2H6Si.2ClH.Zr/c2*1-12-9-13-6-4-7-15(16(13)10-12)18-11-14-5-2-3-8-17(14)19-18;1-3-2;;;/h2*2-11H,1H3;1-2H3;2*1H;/q;;;;;+2/p-2. The van der Waals surface area contributed by atoms with E-state index in [9.17, 15) is 0 Å². The van der Waals surface area contributed by atoms with Crippen LogP contribution in [0.2, 0.25) is 13.1 Å². The number of allylic oxidation sites excluding steroid dienone is 2. The summed E-state index contributed by atoms with van der Waals surface area (Å²) >= 11 is 1.76. The molecule has 218 valence electrons. The fourth-order valence-corrected chi connectivity index (χ4v) is 30.3. The maximum atomic E-state index is 2.63.